The molecule has 15 heavy (non-hydrogen) atoms. The van der Waals surface area contributed by atoms with Gasteiger partial charge in [0, 0.05) is 26.6 Å². The largest absolute Gasteiger partial charge is 0.342 e. The van der Waals surface area contributed by atoms with Crippen molar-refractivity contribution in [3.63, 3.8) is 0 Å². The highest BCUT2D eigenvalue weighted by Gasteiger charge is 2.42. The van der Waals surface area contributed by atoms with Crippen molar-refractivity contribution in [2.75, 3.05) is 25.9 Å². The lowest BCUT2D eigenvalue weighted by Crippen LogP contribution is -2.63. The van der Waals surface area contributed by atoms with E-state index in [-0.39, 0.29) is 11.8 Å². The molecule has 1 aliphatic heterocycles. The highest BCUT2D eigenvalue weighted by atomic mass is 32.1. The van der Waals surface area contributed by atoms with Crippen LogP contribution in [0.2, 0.25) is 0 Å². The topological polar surface area (TPSA) is 40.6 Å². The predicted octanol–water partition coefficient (Wildman–Crippen LogP) is 0.386. The van der Waals surface area contributed by atoms with Crippen LogP contribution in [0, 0.1) is 0 Å². The molecule has 1 rings (SSSR count). The number of hydrogen-bond donors (Lipinski definition) is 1. The van der Waals surface area contributed by atoms with Gasteiger partial charge in [0.25, 0.3) is 0 Å². The first kappa shape index (κ1) is 12.4. The van der Waals surface area contributed by atoms with Crippen LogP contribution < -0.4 is 0 Å². The van der Waals surface area contributed by atoms with E-state index in [0.717, 1.165) is 0 Å². The van der Waals surface area contributed by atoms with E-state index < -0.39 is 5.54 Å². The van der Waals surface area contributed by atoms with Crippen LogP contribution in [0.25, 0.3) is 0 Å². The van der Waals surface area contributed by atoms with Gasteiger partial charge in [-0.15, -0.1) is 0 Å². The maximum atomic E-state index is 11.9. The van der Waals surface area contributed by atoms with Gasteiger partial charge < -0.3 is 9.80 Å². The maximum absolute atomic E-state index is 11.9. The molecule has 0 aliphatic carbocycles. The van der Waals surface area contributed by atoms with Gasteiger partial charge in [-0.25, -0.2) is 0 Å². The molecular weight excluding hydrogens is 212 g/mol. The molecule has 0 radical (unpaired) electrons. The molecular formula is C10H18N2O2S. The van der Waals surface area contributed by atoms with Gasteiger partial charge in [0.05, 0.1) is 0 Å². The van der Waals surface area contributed by atoms with Crippen LogP contribution in [0.5, 0.6) is 0 Å². The smallest absolute Gasteiger partial charge is 0.247 e. The number of carbonyl (C=O) groups excluding carboxylic acids is 2. The predicted molar refractivity (Wildman–Crippen MR) is 61.9 cm³/mol. The molecule has 1 aliphatic rings. The van der Waals surface area contributed by atoms with Crippen molar-refractivity contribution in [1.82, 2.24) is 9.80 Å². The fourth-order valence-electron chi connectivity index (χ4n) is 1.88. The summed E-state index contributed by atoms with van der Waals surface area (Å²) in [4.78, 5) is 27.0. The molecule has 86 valence electrons. The Labute approximate surface area is 96.0 Å². The lowest BCUT2D eigenvalue weighted by Gasteiger charge is -2.44. The summed E-state index contributed by atoms with van der Waals surface area (Å²) in [5.74, 6) is 0.535. The average Bonchev–Trinajstić information content (AvgIpc) is 2.14. The number of hydrogen-bond acceptors (Lipinski definition) is 3. The quantitative estimate of drug-likeness (QED) is 0.697. The minimum Gasteiger partial charge on any atom is -0.342 e. The third-order valence-electron chi connectivity index (χ3n) is 2.83. The van der Waals surface area contributed by atoms with E-state index in [2.05, 4.69) is 12.6 Å². The van der Waals surface area contributed by atoms with E-state index in [1.165, 1.54) is 0 Å². The van der Waals surface area contributed by atoms with Gasteiger partial charge >= 0.3 is 0 Å². The lowest BCUT2D eigenvalue weighted by molar-refractivity contribution is -0.157. The molecule has 4 nitrogen and oxygen atoms in total. The average molecular weight is 230 g/mol. The standard InChI is InChI=1S/C10H18N2O2S/c1-10(2)9(14)11(3)5-6-12(10)8(13)4-7-15/h15H,4-7H2,1-3H3. The fourth-order valence-corrected chi connectivity index (χ4v) is 2.07. The number of nitrogens with zero attached hydrogens (tertiary/aromatic N) is 2. The third kappa shape index (κ3) is 2.27. The van der Waals surface area contributed by atoms with Gasteiger partial charge in [-0.05, 0) is 19.6 Å². The summed E-state index contributed by atoms with van der Waals surface area (Å²) in [5.41, 5.74) is -0.715. The fraction of sp³-hybridized carbons (Fsp3) is 0.800. The summed E-state index contributed by atoms with van der Waals surface area (Å²) in [5, 5.41) is 0. The summed E-state index contributed by atoms with van der Waals surface area (Å²) in [6, 6.07) is 0. The Morgan fingerprint density at radius 3 is 2.60 bits per heavy atom. The van der Waals surface area contributed by atoms with Gasteiger partial charge in [0.1, 0.15) is 5.54 Å². The minimum absolute atomic E-state index is 0.00117. The zero-order chi connectivity index (χ0) is 11.6. The van der Waals surface area contributed by atoms with Crippen molar-refractivity contribution in [3.05, 3.63) is 0 Å². The highest BCUT2D eigenvalue weighted by Crippen LogP contribution is 2.22. The van der Waals surface area contributed by atoms with Crippen LogP contribution in [0.1, 0.15) is 20.3 Å². The molecule has 1 saturated heterocycles. The second kappa shape index (κ2) is 4.43. The van der Waals surface area contributed by atoms with E-state index in [0.29, 0.717) is 25.3 Å². The number of thiol groups is 1. The Balaban J connectivity index is 2.82. The van der Waals surface area contributed by atoms with Crippen molar-refractivity contribution >= 4 is 24.4 Å². The molecule has 0 unspecified atom stereocenters. The first-order valence-corrected chi connectivity index (χ1v) is 5.71. The van der Waals surface area contributed by atoms with Crippen LogP contribution in [0.4, 0.5) is 0 Å². The Kier molecular flexibility index (Phi) is 3.65. The van der Waals surface area contributed by atoms with E-state index in [1.807, 2.05) is 0 Å². The summed E-state index contributed by atoms with van der Waals surface area (Å²) in [6.07, 6.45) is 0.392. The van der Waals surface area contributed by atoms with Gasteiger partial charge in [-0.3, -0.25) is 9.59 Å². The van der Waals surface area contributed by atoms with Crippen LogP contribution in [0.3, 0.4) is 0 Å². The number of rotatable bonds is 2. The molecule has 0 aromatic carbocycles. The number of amides is 2. The number of carbonyl (C=O) groups is 2. The highest BCUT2D eigenvalue weighted by molar-refractivity contribution is 7.80. The second-order valence-corrected chi connectivity index (χ2v) is 4.75. The van der Waals surface area contributed by atoms with Crippen molar-refractivity contribution in [3.8, 4) is 0 Å². The van der Waals surface area contributed by atoms with Crippen molar-refractivity contribution in [2.45, 2.75) is 25.8 Å². The SMILES string of the molecule is CN1CCN(C(=O)CCS)C(C)(C)C1=O. The summed E-state index contributed by atoms with van der Waals surface area (Å²) in [6.45, 7) is 4.81. The summed E-state index contributed by atoms with van der Waals surface area (Å²) in [7, 11) is 1.77. The minimum atomic E-state index is -0.715. The van der Waals surface area contributed by atoms with Crippen LogP contribution in [0.15, 0.2) is 0 Å². The molecule has 0 bridgehead atoms. The molecule has 0 aromatic heterocycles. The summed E-state index contributed by atoms with van der Waals surface area (Å²) < 4.78 is 0. The molecule has 1 fully saturated rings. The molecule has 0 aromatic rings. The van der Waals surface area contributed by atoms with Gasteiger partial charge in [-0.2, -0.15) is 12.6 Å². The monoisotopic (exact) mass is 230 g/mol. The zero-order valence-electron chi connectivity index (χ0n) is 9.49. The normalized spacial score (nSPS) is 20.7. The first-order chi connectivity index (χ1) is 6.91. The van der Waals surface area contributed by atoms with Crippen molar-refractivity contribution in [2.24, 2.45) is 0 Å². The number of piperazine rings is 1. The van der Waals surface area contributed by atoms with E-state index in [9.17, 15) is 9.59 Å². The van der Waals surface area contributed by atoms with Crippen molar-refractivity contribution in [1.29, 1.82) is 0 Å². The zero-order valence-corrected chi connectivity index (χ0v) is 10.4. The van der Waals surface area contributed by atoms with Gasteiger partial charge in [-0.1, -0.05) is 0 Å². The van der Waals surface area contributed by atoms with E-state index in [1.54, 1.807) is 30.7 Å². The Morgan fingerprint density at radius 1 is 1.47 bits per heavy atom. The molecule has 1 heterocycles. The van der Waals surface area contributed by atoms with Crippen LogP contribution >= 0.6 is 12.6 Å². The van der Waals surface area contributed by atoms with Crippen LogP contribution in [-0.4, -0.2) is 53.0 Å². The van der Waals surface area contributed by atoms with Gasteiger partial charge in [0.2, 0.25) is 11.8 Å². The van der Waals surface area contributed by atoms with E-state index in [4.69, 9.17) is 0 Å². The molecule has 0 N–H and O–H groups in total. The Hall–Kier alpha value is -0.710. The first-order valence-electron chi connectivity index (χ1n) is 5.08. The van der Waals surface area contributed by atoms with Gasteiger partial charge in [0.15, 0.2) is 0 Å². The maximum Gasteiger partial charge on any atom is 0.247 e. The summed E-state index contributed by atoms with van der Waals surface area (Å²) >= 11 is 4.03. The Bertz CT molecular complexity index is 279. The molecule has 0 saturated carbocycles. The molecule has 0 spiro atoms. The third-order valence-corrected chi connectivity index (χ3v) is 3.05. The second-order valence-electron chi connectivity index (χ2n) is 4.30. The number of likely N-dealkylation sites (N-methyl/N-ethyl adjacent to an activating group) is 1. The van der Waals surface area contributed by atoms with E-state index >= 15 is 0 Å². The molecule has 2 amide bonds. The molecule has 0 atom stereocenters. The lowest BCUT2D eigenvalue weighted by atomic mass is 9.97. The van der Waals surface area contributed by atoms with Crippen LogP contribution in [-0.2, 0) is 9.59 Å². The van der Waals surface area contributed by atoms with Crippen molar-refractivity contribution < 1.29 is 9.59 Å². The Morgan fingerprint density at radius 2 is 2.07 bits per heavy atom. The molecule has 5 heteroatoms.